The monoisotopic (exact) mass is 372 g/mol. The molecule has 25 heavy (non-hydrogen) atoms. The van der Waals surface area contributed by atoms with Crippen LogP contribution in [0, 0.1) is 0 Å². The minimum absolute atomic E-state index is 0.0948. The van der Waals surface area contributed by atoms with Gasteiger partial charge >= 0.3 is 0 Å². The quantitative estimate of drug-likeness (QED) is 0.704. The van der Waals surface area contributed by atoms with Crippen LogP contribution in [0.5, 0.6) is 0 Å². The van der Waals surface area contributed by atoms with Gasteiger partial charge < -0.3 is 10.6 Å². The summed E-state index contributed by atoms with van der Waals surface area (Å²) in [4.78, 5) is 22.6. The highest BCUT2D eigenvalue weighted by atomic mass is 32.1. The zero-order valence-electron chi connectivity index (χ0n) is 14.1. The van der Waals surface area contributed by atoms with Crippen molar-refractivity contribution in [3.63, 3.8) is 0 Å². The van der Waals surface area contributed by atoms with Crippen LogP contribution in [0.4, 0.5) is 5.00 Å². The van der Waals surface area contributed by atoms with E-state index in [4.69, 9.17) is 4.98 Å². The number of hydrogen-bond acceptors (Lipinski definition) is 6. The number of thiazole rings is 1. The number of unbranched alkanes of at least 4 members (excludes halogenated alkanes) is 1. The number of carbonyl (C=O) groups is 1. The summed E-state index contributed by atoms with van der Waals surface area (Å²) in [6.07, 6.45) is 7.08. The number of pyridine rings is 1. The molecule has 0 aliphatic carbocycles. The average Bonchev–Trinajstić information content (AvgIpc) is 3.20. The second-order valence-electron chi connectivity index (χ2n) is 6.15. The van der Waals surface area contributed by atoms with Crippen molar-refractivity contribution in [3.8, 4) is 10.6 Å². The van der Waals surface area contributed by atoms with E-state index < -0.39 is 0 Å². The van der Waals surface area contributed by atoms with Gasteiger partial charge in [0.15, 0.2) is 0 Å². The van der Waals surface area contributed by atoms with Gasteiger partial charge in [-0.1, -0.05) is 13.3 Å². The molecule has 0 aromatic carbocycles. The van der Waals surface area contributed by atoms with Gasteiger partial charge in [-0.25, -0.2) is 4.98 Å². The third kappa shape index (κ3) is 3.31. The van der Waals surface area contributed by atoms with Crippen LogP contribution in [0.3, 0.4) is 0 Å². The van der Waals surface area contributed by atoms with Gasteiger partial charge in [0.25, 0.3) is 0 Å². The smallest absolute Gasteiger partial charge is 0.224 e. The molecule has 0 unspecified atom stereocenters. The van der Waals surface area contributed by atoms with E-state index in [-0.39, 0.29) is 5.91 Å². The maximum absolute atomic E-state index is 12.3. The SMILES string of the molecule is CCCCC(=O)Nc1sc2c(c1-c1nc3cnccc3s1)CCNC2. The number of rotatable bonds is 5. The van der Waals surface area contributed by atoms with Gasteiger partial charge in [-0.2, -0.15) is 0 Å². The van der Waals surface area contributed by atoms with Crippen LogP contribution >= 0.6 is 22.7 Å². The van der Waals surface area contributed by atoms with E-state index in [1.54, 1.807) is 35.1 Å². The van der Waals surface area contributed by atoms with Crippen molar-refractivity contribution in [3.05, 3.63) is 28.9 Å². The first-order valence-electron chi connectivity index (χ1n) is 8.62. The first-order chi connectivity index (χ1) is 12.3. The van der Waals surface area contributed by atoms with Crippen molar-refractivity contribution >= 4 is 43.8 Å². The molecular formula is C18H20N4OS2. The second kappa shape index (κ2) is 7.19. The first kappa shape index (κ1) is 16.6. The van der Waals surface area contributed by atoms with Crippen molar-refractivity contribution in [1.82, 2.24) is 15.3 Å². The molecule has 4 rings (SSSR count). The highest BCUT2D eigenvalue weighted by Gasteiger charge is 2.24. The molecule has 0 radical (unpaired) electrons. The Balaban J connectivity index is 1.76. The lowest BCUT2D eigenvalue weighted by Crippen LogP contribution is -2.22. The standard InChI is InChI=1S/C18H20N4OS2/c1-2-3-4-15(23)22-18-16(11-5-7-20-10-14(11)25-18)17-21-12-9-19-8-6-13(12)24-17/h6,8-9,20H,2-5,7,10H2,1H3,(H,22,23). The molecule has 1 amide bonds. The van der Waals surface area contributed by atoms with Crippen LogP contribution in [-0.4, -0.2) is 22.4 Å². The Hall–Kier alpha value is -1.83. The van der Waals surface area contributed by atoms with E-state index >= 15 is 0 Å². The number of nitrogens with one attached hydrogen (secondary N) is 2. The molecule has 1 aliphatic rings. The number of anilines is 1. The number of fused-ring (bicyclic) bond motifs is 2. The zero-order chi connectivity index (χ0) is 17.2. The van der Waals surface area contributed by atoms with E-state index in [2.05, 4.69) is 22.5 Å². The molecule has 7 heteroatoms. The topological polar surface area (TPSA) is 66.9 Å². The third-order valence-electron chi connectivity index (χ3n) is 4.34. The first-order valence-corrected chi connectivity index (χ1v) is 10.3. The fourth-order valence-corrected chi connectivity index (χ4v) is 5.37. The molecule has 0 saturated heterocycles. The van der Waals surface area contributed by atoms with Crippen LogP contribution in [0.2, 0.25) is 0 Å². The Morgan fingerprint density at radius 1 is 1.40 bits per heavy atom. The van der Waals surface area contributed by atoms with Crippen LogP contribution in [0.25, 0.3) is 20.8 Å². The van der Waals surface area contributed by atoms with Gasteiger partial charge in [0.1, 0.15) is 15.5 Å². The Morgan fingerprint density at radius 3 is 3.16 bits per heavy atom. The van der Waals surface area contributed by atoms with Crippen molar-refractivity contribution in [2.24, 2.45) is 0 Å². The molecule has 0 atom stereocenters. The maximum atomic E-state index is 12.3. The molecule has 0 spiro atoms. The lowest BCUT2D eigenvalue weighted by molar-refractivity contribution is -0.116. The fraction of sp³-hybridized carbons (Fsp3) is 0.389. The minimum atomic E-state index is 0.0948. The van der Waals surface area contributed by atoms with Crippen LogP contribution in [-0.2, 0) is 17.8 Å². The third-order valence-corrected chi connectivity index (χ3v) is 6.54. The van der Waals surface area contributed by atoms with Gasteiger partial charge in [-0.15, -0.1) is 22.7 Å². The Bertz CT molecular complexity index is 882. The average molecular weight is 373 g/mol. The van der Waals surface area contributed by atoms with Gasteiger partial charge in [0.2, 0.25) is 5.91 Å². The van der Waals surface area contributed by atoms with Gasteiger partial charge in [-0.05, 0) is 31.0 Å². The molecule has 1 aliphatic heterocycles. The van der Waals surface area contributed by atoms with Gasteiger partial charge in [0.05, 0.1) is 10.9 Å². The Morgan fingerprint density at radius 2 is 2.32 bits per heavy atom. The van der Waals surface area contributed by atoms with E-state index in [9.17, 15) is 4.79 Å². The molecule has 0 fully saturated rings. The van der Waals surface area contributed by atoms with Crippen molar-refractivity contribution < 1.29 is 4.79 Å². The molecule has 3 aromatic rings. The normalized spacial score (nSPS) is 13.8. The van der Waals surface area contributed by atoms with Gasteiger partial charge in [-0.3, -0.25) is 9.78 Å². The molecule has 5 nitrogen and oxygen atoms in total. The van der Waals surface area contributed by atoms with Crippen LogP contribution in [0.15, 0.2) is 18.5 Å². The van der Waals surface area contributed by atoms with Crippen LogP contribution in [0.1, 0.15) is 36.6 Å². The van der Waals surface area contributed by atoms with Crippen molar-refractivity contribution in [2.45, 2.75) is 39.2 Å². The summed E-state index contributed by atoms with van der Waals surface area (Å²) >= 11 is 3.36. The fourth-order valence-electron chi connectivity index (χ4n) is 3.06. The minimum Gasteiger partial charge on any atom is -0.317 e. The lowest BCUT2D eigenvalue weighted by atomic mass is 10.0. The van der Waals surface area contributed by atoms with Crippen molar-refractivity contribution in [2.75, 3.05) is 11.9 Å². The van der Waals surface area contributed by atoms with Gasteiger partial charge in [0, 0.05) is 29.6 Å². The molecule has 0 saturated carbocycles. The predicted octanol–water partition coefficient (Wildman–Crippen LogP) is 4.19. The lowest BCUT2D eigenvalue weighted by Gasteiger charge is -2.13. The van der Waals surface area contributed by atoms with E-state index in [1.165, 1.54) is 10.4 Å². The summed E-state index contributed by atoms with van der Waals surface area (Å²) in [7, 11) is 0. The van der Waals surface area contributed by atoms with Crippen LogP contribution < -0.4 is 10.6 Å². The summed E-state index contributed by atoms with van der Waals surface area (Å²) in [5.41, 5.74) is 3.37. The van der Waals surface area contributed by atoms with E-state index in [1.807, 2.05) is 6.07 Å². The summed E-state index contributed by atoms with van der Waals surface area (Å²) in [6, 6.07) is 2.00. The number of hydrogen-bond donors (Lipinski definition) is 2. The number of nitrogens with zero attached hydrogens (tertiary/aromatic N) is 2. The zero-order valence-corrected chi connectivity index (χ0v) is 15.7. The summed E-state index contributed by atoms with van der Waals surface area (Å²) in [5, 5.41) is 8.49. The molecular weight excluding hydrogens is 352 g/mol. The molecule has 0 bridgehead atoms. The molecule has 4 heterocycles. The largest absolute Gasteiger partial charge is 0.317 e. The molecule has 2 N–H and O–H groups in total. The molecule has 3 aromatic heterocycles. The highest BCUT2D eigenvalue weighted by molar-refractivity contribution is 7.22. The van der Waals surface area contributed by atoms with Crippen molar-refractivity contribution in [1.29, 1.82) is 0 Å². The summed E-state index contributed by atoms with van der Waals surface area (Å²) < 4.78 is 1.13. The summed E-state index contributed by atoms with van der Waals surface area (Å²) in [6.45, 7) is 3.93. The number of thiophene rings is 1. The summed E-state index contributed by atoms with van der Waals surface area (Å²) in [5.74, 6) is 0.0948. The van der Waals surface area contributed by atoms with E-state index in [0.29, 0.717) is 6.42 Å². The van der Waals surface area contributed by atoms with E-state index in [0.717, 1.165) is 58.1 Å². The number of carbonyl (C=O) groups excluding carboxylic acids is 1. The predicted molar refractivity (Wildman–Crippen MR) is 104 cm³/mol. The maximum Gasteiger partial charge on any atom is 0.224 e. The number of amides is 1. The second-order valence-corrected chi connectivity index (χ2v) is 8.28. The molecule has 130 valence electrons. The Labute approximate surface area is 154 Å². The number of aromatic nitrogens is 2. The Kier molecular flexibility index (Phi) is 4.78. The highest BCUT2D eigenvalue weighted by Crippen LogP contribution is 2.44.